The summed E-state index contributed by atoms with van der Waals surface area (Å²) in [6, 6.07) is 12.2. The third-order valence-electron chi connectivity index (χ3n) is 7.55. The first kappa shape index (κ1) is 25.1. The number of aromatic amines is 1. The van der Waals surface area contributed by atoms with Gasteiger partial charge in [-0.2, -0.15) is 0 Å². The van der Waals surface area contributed by atoms with Crippen molar-refractivity contribution in [3.05, 3.63) is 65.1 Å². The summed E-state index contributed by atoms with van der Waals surface area (Å²) >= 11 is 0. The molecule has 3 atom stereocenters. The Morgan fingerprint density at radius 2 is 1.97 bits per heavy atom. The number of likely N-dealkylation sites (tertiary alicyclic amines) is 1. The van der Waals surface area contributed by atoms with Crippen LogP contribution in [-0.4, -0.2) is 77.7 Å². The van der Waals surface area contributed by atoms with Crippen molar-refractivity contribution in [1.82, 2.24) is 14.8 Å². The molecule has 2 aromatic carbocycles. The number of nitrogens with one attached hydrogen (secondary N) is 1. The van der Waals surface area contributed by atoms with Gasteiger partial charge in [0.1, 0.15) is 23.8 Å². The molecule has 3 heterocycles. The van der Waals surface area contributed by atoms with Gasteiger partial charge in [0, 0.05) is 66.4 Å². The Morgan fingerprint density at radius 3 is 2.69 bits per heavy atom. The summed E-state index contributed by atoms with van der Waals surface area (Å²) in [5.74, 6) is 0.123. The number of aromatic nitrogens is 1. The largest absolute Gasteiger partial charge is 0.492 e. The number of hydrogen-bond acceptors (Lipinski definition) is 4. The van der Waals surface area contributed by atoms with E-state index in [2.05, 4.69) is 16.0 Å². The number of hydrogen-bond donors (Lipinski definition) is 2. The van der Waals surface area contributed by atoms with Crippen LogP contribution in [0.1, 0.15) is 36.7 Å². The maximum atomic E-state index is 15.6. The molecular formula is C28H34F3N3O2. The first-order chi connectivity index (χ1) is 17.3. The minimum atomic E-state index is -1.83. The zero-order valence-corrected chi connectivity index (χ0v) is 20.8. The Labute approximate surface area is 209 Å². The average Bonchev–Trinajstić information content (AvgIpc) is 3.19. The van der Waals surface area contributed by atoms with Gasteiger partial charge in [0.05, 0.1) is 19.3 Å². The maximum absolute atomic E-state index is 15.6. The van der Waals surface area contributed by atoms with E-state index in [9.17, 15) is 9.50 Å². The molecule has 3 aromatic rings. The van der Waals surface area contributed by atoms with Gasteiger partial charge in [-0.1, -0.05) is 24.3 Å². The van der Waals surface area contributed by atoms with Crippen molar-refractivity contribution in [3.8, 4) is 5.75 Å². The van der Waals surface area contributed by atoms with E-state index in [0.717, 1.165) is 35.2 Å². The molecule has 2 N–H and O–H groups in total. The van der Waals surface area contributed by atoms with Crippen molar-refractivity contribution in [1.29, 1.82) is 0 Å². The molecule has 1 saturated heterocycles. The van der Waals surface area contributed by atoms with Crippen molar-refractivity contribution in [2.75, 3.05) is 46.1 Å². The lowest BCUT2D eigenvalue weighted by molar-refractivity contribution is 0.0169. The Hall–Kier alpha value is -2.55. The number of aliphatic hydroxyl groups is 1. The molecule has 0 amide bonds. The van der Waals surface area contributed by atoms with Crippen molar-refractivity contribution < 1.29 is 23.0 Å². The van der Waals surface area contributed by atoms with Gasteiger partial charge in [0.15, 0.2) is 0 Å². The molecule has 2 aliphatic rings. The number of aliphatic hydroxyl groups excluding tert-OH is 1. The highest BCUT2D eigenvalue weighted by Gasteiger charge is 2.40. The molecule has 0 spiro atoms. The fourth-order valence-corrected chi connectivity index (χ4v) is 5.59. The third-order valence-corrected chi connectivity index (χ3v) is 7.55. The standard InChI is InChI=1S/C28H34F3N3O2/c1-18-11-23-21-5-3-4-6-25(21)32-26(23)27(34(18)16-28(2,31)17-35)22-8-7-20(12-24(22)30)36-10-9-33-14-19(13-29)15-33/h3-8,12,18-19,27,32,35H,9-11,13-17H2,1-2H3/t18-,27-,28+/m1/s1. The van der Waals surface area contributed by atoms with E-state index >= 15 is 8.78 Å². The number of alkyl halides is 2. The summed E-state index contributed by atoms with van der Waals surface area (Å²) in [7, 11) is 0. The van der Waals surface area contributed by atoms with Crippen LogP contribution in [0.25, 0.3) is 10.9 Å². The predicted molar refractivity (Wildman–Crippen MR) is 134 cm³/mol. The van der Waals surface area contributed by atoms with E-state index in [1.807, 2.05) is 30.0 Å². The zero-order chi connectivity index (χ0) is 25.4. The summed E-state index contributed by atoms with van der Waals surface area (Å²) < 4.78 is 49.1. The Bertz CT molecular complexity index is 1210. The number of ether oxygens (including phenoxy) is 1. The average molecular weight is 502 g/mol. The topological polar surface area (TPSA) is 51.7 Å². The lowest BCUT2D eigenvalue weighted by atomic mass is 9.87. The number of H-pyrrole nitrogens is 1. The minimum absolute atomic E-state index is 0.0302. The molecule has 1 aromatic heterocycles. The molecule has 0 aliphatic carbocycles. The van der Waals surface area contributed by atoms with Crippen LogP contribution in [0.3, 0.4) is 0 Å². The lowest BCUT2D eigenvalue weighted by Crippen LogP contribution is -2.49. The summed E-state index contributed by atoms with van der Waals surface area (Å²) in [6.07, 6.45) is 0.694. The van der Waals surface area contributed by atoms with Gasteiger partial charge in [-0.25, -0.2) is 8.78 Å². The summed E-state index contributed by atoms with van der Waals surface area (Å²) in [4.78, 5) is 7.53. The van der Waals surface area contributed by atoms with Gasteiger partial charge in [0.2, 0.25) is 0 Å². The zero-order valence-electron chi connectivity index (χ0n) is 20.8. The third kappa shape index (κ3) is 4.86. The van der Waals surface area contributed by atoms with Crippen molar-refractivity contribution in [2.24, 2.45) is 5.92 Å². The van der Waals surface area contributed by atoms with Crippen molar-refractivity contribution >= 4 is 10.9 Å². The minimum Gasteiger partial charge on any atom is -0.492 e. The van der Waals surface area contributed by atoms with E-state index in [0.29, 0.717) is 30.9 Å². The molecule has 0 unspecified atom stereocenters. The highest BCUT2D eigenvalue weighted by molar-refractivity contribution is 5.85. The molecule has 1 fully saturated rings. The highest BCUT2D eigenvalue weighted by atomic mass is 19.1. The summed E-state index contributed by atoms with van der Waals surface area (Å²) in [6.45, 7) is 4.99. The number of para-hydroxylation sites is 1. The van der Waals surface area contributed by atoms with Crippen LogP contribution in [0.15, 0.2) is 42.5 Å². The second-order valence-corrected chi connectivity index (χ2v) is 10.6. The SMILES string of the molecule is C[C@@H]1Cc2c([nH]c3ccccc23)[C@@H](c2ccc(OCCN3CC(CF)C3)cc2F)N1C[C@](C)(F)CO. The second-order valence-electron chi connectivity index (χ2n) is 10.6. The monoisotopic (exact) mass is 501 g/mol. The Balaban J connectivity index is 1.43. The van der Waals surface area contributed by atoms with Gasteiger partial charge in [0.25, 0.3) is 0 Å². The molecule has 0 saturated carbocycles. The molecule has 8 heteroatoms. The van der Waals surface area contributed by atoms with Crippen LogP contribution >= 0.6 is 0 Å². The molecule has 0 radical (unpaired) electrons. The van der Waals surface area contributed by atoms with E-state index in [-0.39, 0.29) is 25.2 Å². The lowest BCUT2D eigenvalue weighted by Gasteiger charge is -2.43. The van der Waals surface area contributed by atoms with Crippen LogP contribution in [0, 0.1) is 11.7 Å². The van der Waals surface area contributed by atoms with E-state index in [1.165, 1.54) is 13.0 Å². The summed E-state index contributed by atoms with van der Waals surface area (Å²) in [5.41, 5.74) is 1.55. The molecule has 2 aliphatic heterocycles. The van der Waals surface area contributed by atoms with Crippen LogP contribution in [0.2, 0.25) is 0 Å². The summed E-state index contributed by atoms with van der Waals surface area (Å²) in [5, 5.41) is 10.7. The molecular weight excluding hydrogens is 467 g/mol. The van der Waals surface area contributed by atoms with Crippen LogP contribution in [-0.2, 0) is 6.42 Å². The number of fused-ring (bicyclic) bond motifs is 3. The maximum Gasteiger partial charge on any atom is 0.143 e. The van der Waals surface area contributed by atoms with Crippen molar-refractivity contribution in [2.45, 2.75) is 38.0 Å². The first-order valence-electron chi connectivity index (χ1n) is 12.6. The number of rotatable bonds is 9. The number of halogens is 3. The predicted octanol–water partition coefficient (Wildman–Crippen LogP) is 4.64. The van der Waals surface area contributed by atoms with Gasteiger partial charge in [-0.05, 0) is 38.0 Å². The first-order valence-corrected chi connectivity index (χ1v) is 12.6. The Morgan fingerprint density at radius 1 is 1.19 bits per heavy atom. The fraction of sp³-hybridized carbons (Fsp3) is 0.500. The van der Waals surface area contributed by atoms with Gasteiger partial charge >= 0.3 is 0 Å². The normalized spacial score (nSPS) is 22.8. The smallest absolute Gasteiger partial charge is 0.143 e. The molecule has 0 bridgehead atoms. The highest BCUT2D eigenvalue weighted by Crippen LogP contribution is 2.42. The van der Waals surface area contributed by atoms with Crippen LogP contribution in [0.5, 0.6) is 5.75 Å². The number of benzene rings is 2. The van der Waals surface area contributed by atoms with Gasteiger partial charge in [-0.15, -0.1) is 0 Å². The Kier molecular flexibility index (Phi) is 7.03. The molecule has 5 rings (SSSR count). The van der Waals surface area contributed by atoms with Gasteiger partial charge in [-0.3, -0.25) is 14.2 Å². The quantitative estimate of drug-likeness (QED) is 0.449. The molecule has 36 heavy (non-hydrogen) atoms. The second kappa shape index (κ2) is 10.1. The van der Waals surface area contributed by atoms with Crippen LogP contribution < -0.4 is 4.74 Å². The fourth-order valence-electron chi connectivity index (χ4n) is 5.59. The van der Waals surface area contributed by atoms with E-state index in [1.54, 1.807) is 12.1 Å². The molecule has 194 valence electrons. The van der Waals surface area contributed by atoms with E-state index in [4.69, 9.17) is 4.74 Å². The van der Waals surface area contributed by atoms with Crippen LogP contribution in [0.4, 0.5) is 13.2 Å². The van der Waals surface area contributed by atoms with Gasteiger partial charge < -0.3 is 14.8 Å². The number of nitrogens with zero attached hydrogens (tertiary/aromatic N) is 2. The van der Waals surface area contributed by atoms with Crippen molar-refractivity contribution in [3.63, 3.8) is 0 Å². The molecule has 5 nitrogen and oxygen atoms in total. The van der Waals surface area contributed by atoms with E-state index < -0.39 is 24.1 Å².